The smallest absolute Gasteiger partial charge is 0.338 e. The molecule has 0 spiro atoms. The van der Waals surface area contributed by atoms with Crippen molar-refractivity contribution in [1.82, 2.24) is 4.57 Å². The van der Waals surface area contributed by atoms with Crippen molar-refractivity contribution < 1.29 is 23.7 Å². The second kappa shape index (κ2) is 10.8. The maximum Gasteiger partial charge on any atom is 0.338 e. The number of nitrogens with zero attached hydrogens (tertiary/aromatic N) is 2. The van der Waals surface area contributed by atoms with Crippen LogP contribution in [0.3, 0.4) is 0 Å². The Labute approximate surface area is 212 Å². The Balaban J connectivity index is 1.95. The van der Waals surface area contributed by atoms with Gasteiger partial charge in [-0.05, 0) is 62.2 Å². The van der Waals surface area contributed by atoms with Gasteiger partial charge in [-0.3, -0.25) is 9.36 Å². The molecule has 2 heterocycles. The SMILES string of the molecule is CCOC(=O)C1=C(C)N=c2s/c(=C\c3cccc(OC)c3)c(=O)n2C1c1ccc(OCC)c(OC)c1. The summed E-state index contributed by atoms with van der Waals surface area (Å²) in [5.41, 5.74) is 2.06. The van der Waals surface area contributed by atoms with E-state index in [1.54, 1.807) is 50.8 Å². The zero-order valence-corrected chi connectivity index (χ0v) is 21.7. The molecule has 1 aliphatic rings. The van der Waals surface area contributed by atoms with Crippen molar-refractivity contribution in [1.29, 1.82) is 0 Å². The van der Waals surface area contributed by atoms with Crippen LogP contribution in [0.15, 0.2) is 63.5 Å². The third kappa shape index (κ3) is 4.79. The second-order valence-electron chi connectivity index (χ2n) is 7.92. The number of fused-ring (bicyclic) bond motifs is 1. The van der Waals surface area contributed by atoms with Crippen molar-refractivity contribution in [3.63, 3.8) is 0 Å². The number of aromatic nitrogens is 1. The third-order valence-electron chi connectivity index (χ3n) is 5.71. The second-order valence-corrected chi connectivity index (χ2v) is 8.93. The molecule has 0 saturated carbocycles. The van der Waals surface area contributed by atoms with Crippen LogP contribution in [0.4, 0.5) is 0 Å². The summed E-state index contributed by atoms with van der Waals surface area (Å²) >= 11 is 1.27. The fourth-order valence-corrected chi connectivity index (χ4v) is 5.17. The number of ether oxygens (including phenoxy) is 4. The fraction of sp³-hybridized carbons (Fsp3) is 0.296. The van der Waals surface area contributed by atoms with Gasteiger partial charge in [0.1, 0.15) is 5.75 Å². The summed E-state index contributed by atoms with van der Waals surface area (Å²) in [5.74, 6) is 1.26. The number of hydrogen-bond acceptors (Lipinski definition) is 8. The molecule has 0 radical (unpaired) electrons. The molecule has 2 aromatic carbocycles. The van der Waals surface area contributed by atoms with Gasteiger partial charge in [0.25, 0.3) is 5.56 Å². The number of methoxy groups -OCH3 is 2. The lowest BCUT2D eigenvalue weighted by molar-refractivity contribution is -0.139. The third-order valence-corrected chi connectivity index (χ3v) is 6.69. The molecule has 0 saturated heterocycles. The summed E-state index contributed by atoms with van der Waals surface area (Å²) in [7, 11) is 3.15. The minimum Gasteiger partial charge on any atom is -0.497 e. The highest BCUT2D eigenvalue weighted by atomic mass is 32.1. The van der Waals surface area contributed by atoms with E-state index in [0.29, 0.717) is 50.0 Å². The van der Waals surface area contributed by atoms with Crippen LogP contribution in [0.1, 0.15) is 37.9 Å². The molecule has 1 unspecified atom stereocenters. The van der Waals surface area contributed by atoms with E-state index in [0.717, 1.165) is 5.56 Å². The molecule has 188 valence electrons. The quantitative estimate of drug-likeness (QED) is 0.434. The predicted octanol–water partition coefficient (Wildman–Crippen LogP) is 3.21. The van der Waals surface area contributed by atoms with Gasteiger partial charge in [0, 0.05) is 0 Å². The van der Waals surface area contributed by atoms with Crippen molar-refractivity contribution in [2.45, 2.75) is 26.8 Å². The Hall–Kier alpha value is -3.85. The molecular formula is C27H28N2O6S. The highest BCUT2D eigenvalue weighted by molar-refractivity contribution is 7.07. The van der Waals surface area contributed by atoms with E-state index >= 15 is 0 Å². The number of allylic oxidation sites excluding steroid dienone is 1. The van der Waals surface area contributed by atoms with Gasteiger partial charge in [-0.25, -0.2) is 9.79 Å². The number of benzene rings is 2. The van der Waals surface area contributed by atoms with Crippen LogP contribution in [0.2, 0.25) is 0 Å². The van der Waals surface area contributed by atoms with Crippen LogP contribution >= 0.6 is 11.3 Å². The van der Waals surface area contributed by atoms with Gasteiger partial charge < -0.3 is 18.9 Å². The van der Waals surface area contributed by atoms with Crippen molar-refractivity contribution in [2.24, 2.45) is 4.99 Å². The Morgan fingerprint density at radius 3 is 2.58 bits per heavy atom. The van der Waals surface area contributed by atoms with Crippen molar-refractivity contribution >= 4 is 23.4 Å². The highest BCUT2D eigenvalue weighted by Crippen LogP contribution is 2.36. The molecule has 1 atom stereocenters. The van der Waals surface area contributed by atoms with Crippen LogP contribution in [-0.2, 0) is 9.53 Å². The topological polar surface area (TPSA) is 88.4 Å². The molecule has 3 aromatic rings. The van der Waals surface area contributed by atoms with Crippen molar-refractivity contribution in [2.75, 3.05) is 27.4 Å². The first-order valence-corrected chi connectivity index (χ1v) is 12.4. The van der Waals surface area contributed by atoms with Gasteiger partial charge in [0.05, 0.1) is 49.3 Å². The lowest BCUT2D eigenvalue weighted by atomic mass is 9.95. The van der Waals surface area contributed by atoms with E-state index in [1.807, 2.05) is 37.3 Å². The minimum atomic E-state index is -0.739. The summed E-state index contributed by atoms with van der Waals surface area (Å²) in [6.45, 7) is 6.06. The minimum absolute atomic E-state index is 0.204. The summed E-state index contributed by atoms with van der Waals surface area (Å²) < 4.78 is 23.9. The Bertz CT molecular complexity index is 1500. The standard InChI is InChI=1S/C27H28N2O6S/c1-6-34-20-12-11-18(15-21(20)33-5)24-23(26(31)35-7-2)16(3)28-27-29(24)25(30)22(36-27)14-17-9-8-10-19(13-17)32-4/h8-15,24H,6-7H2,1-5H3/b22-14-. The number of rotatable bonds is 8. The summed E-state index contributed by atoms with van der Waals surface area (Å²) in [4.78, 5) is 31.9. The van der Waals surface area contributed by atoms with E-state index in [2.05, 4.69) is 4.99 Å². The predicted molar refractivity (Wildman–Crippen MR) is 138 cm³/mol. The Morgan fingerprint density at radius 2 is 1.89 bits per heavy atom. The number of esters is 1. The normalized spacial score (nSPS) is 15.2. The molecule has 1 aromatic heterocycles. The van der Waals surface area contributed by atoms with E-state index in [1.165, 1.54) is 11.3 Å². The molecular weight excluding hydrogens is 480 g/mol. The lowest BCUT2D eigenvalue weighted by Gasteiger charge is -2.25. The number of hydrogen-bond donors (Lipinski definition) is 0. The van der Waals surface area contributed by atoms with Crippen LogP contribution < -0.4 is 29.1 Å². The monoisotopic (exact) mass is 508 g/mol. The van der Waals surface area contributed by atoms with Gasteiger partial charge in [-0.1, -0.05) is 29.5 Å². The number of thiazole rings is 1. The molecule has 0 N–H and O–H groups in total. The first kappa shape index (κ1) is 25.2. The number of carbonyl (C=O) groups is 1. The fourth-order valence-electron chi connectivity index (χ4n) is 4.12. The summed E-state index contributed by atoms with van der Waals surface area (Å²) in [6.07, 6.45) is 1.80. The van der Waals surface area contributed by atoms with Gasteiger partial charge in [-0.15, -0.1) is 0 Å². The molecule has 0 bridgehead atoms. The van der Waals surface area contributed by atoms with Crippen LogP contribution in [0.25, 0.3) is 6.08 Å². The molecule has 0 aliphatic carbocycles. The zero-order chi connectivity index (χ0) is 25.8. The maximum atomic E-state index is 13.7. The average Bonchev–Trinajstić information content (AvgIpc) is 3.18. The van der Waals surface area contributed by atoms with E-state index in [9.17, 15) is 9.59 Å². The average molecular weight is 509 g/mol. The first-order valence-electron chi connectivity index (χ1n) is 11.6. The molecule has 8 nitrogen and oxygen atoms in total. The molecule has 4 rings (SSSR count). The summed E-state index contributed by atoms with van der Waals surface area (Å²) in [5, 5.41) is 0. The van der Waals surface area contributed by atoms with Gasteiger partial charge in [-0.2, -0.15) is 0 Å². The zero-order valence-electron chi connectivity index (χ0n) is 20.9. The molecule has 9 heteroatoms. The van der Waals surface area contributed by atoms with Crippen molar-refractivity contribution in [3.8, 4) is 17.2 Å². The molecule has 36 heavy (non-hydrogen) atoms. The van der Waals surface area contributed by atoms with Crippen LogP contribution in [0.5, 0.6) is 17.2 Å². The molecule has 0 amide bonds. The van der Waals surface area contributed by atoms with Gasteiger partial charge in [0.2, 0.25) is 0 Å². The van der Waals surface area contributed by atoms with E-state index < -0.39 is 12.0 Å². The highest BCUT2D eigenvalue weighted by Gasteiger charge is 2.33. The van der Waals surface area contributed by atoms with Gasteiger partial charge >= 0.3 is 5.97 Å². The first-order chi connectivity index (χ1) is 17.4. The molecule has 1 aliphatic heterocycles. The van der Waals surface area contributed by atoms with E-state index in [-0.39, 0.29) is 12.2 Å². The summed E-state index contributed by atoms with van der Waals surface area (Å²) in [6, 6.07) is 12.1. The Morgan fingerprint density at radius 1 is 1.08 bits per heavy atom. The lowest BCUT2D eigenvalue weighted by Crippen LogP contribution is -2.40. The molecule has 0 fully saturated rings. The van der Waals surface area contributed by atoms with Crippen LogP contribution in [-0.4, -0.2) is 38.0 Å². The maximum absolute atomic E-state index is 13.7. The van der Waals surface area contributed by atoms with Crippen molar-refractivity contribution in [3.05, 3.63) is 84.5 Å². The Kier molecular flexibility index (Phi) is 7.59. The number of carbonyl (C=O) groups excluding carboxylic acids is 1. The van der Waals surface area contributed by atoms with Gasteiger partial charge in [0.15, 0.2) is 16.3 Å². The van der Waals surface area contributed by atoms with Crippen LogP contribution in [0, 0.1) is 0 Å². The largest absolute Gasteiger partial charge is 0.497 e. The van der Waals surface area contributed by atoms with E-state index in [4.69, 9.17) is 18.9 Å².